The molecule has 2 aromatic carbocycles. The first-order chi connectivity index (χ1) is 13.7. The van der Waals surface area contributed by atoms with E-state index >= 15 is 0 Å². The van der Waals surface area contributed by atoms with E-state index in [1.54, 1.807) is 21.3 Å². The van der Waals surface area contributed by atoms with E-state index in [2.05, 4.69) is 40.7 Å². The van der Waals surface area contributed by atoms with E-state index in [-0.39, 0.29) is 0 Å². The maximum absolute atomic E-state index is 5.37. The van der Waals surface area contributed by atoms with Gasteiger partial charge >= 0.3 is 0 Å². The van der Waals surface area contributed by atoms with E-state index in [9.17, 15) is 0 Å². The summed E-state index contributed by atoms with van der Waals surface area (Å²) in [5.41, 5.74) is 3.49. The second kappa shape index (κ2) is 11.9. The molecule has 0 unspecified atom stereocenters. The van der Waals surface area contributed by atoms with Crippen molar-refractivity contribution >= 4 is 5.96 Å². The number of ether oxygens (including phenoxy) is 3. The van der Waals surface area contributed by atoms with Crippen molar-refractivity contribution in [1.82, 2.24) is 10.6 Å². The molecule has 6 nitrogen and oxygen atoms in total. The molecule has 0 amide bonds. The molecule has 0 saturated carbocycles. The minimum Gasteiger partial charge on any atom is -0.493 e. The van der Waals surface area contributed by atoms with Gasteiger partial charge in [-0.25, -0.2) is 4.99 Å². The molecule has 2 N–H and O–H groups in total. The van der Waals surface area contributed by atoms with E-state index in [0.717, 1.165) is 48.1 Å². The van der Waals surface area contributed by atoms with Crippen molar-refractivity contribution in [3.63, 3.8) is 0 Å². The molecule has 2 aromatic rings. The number of hydrogen-bond acceptors (Lipinski definition) is 4. The minimum absolute atomic E-state index is 0.612. The second-order valence-electron chi connectivity index (χ2n) is 6.31. The van der Waals surface area contributed by atoms with Crippen molar-refractivity contribution < 1.29 is 14.2 Å². The van der Waals surface area contributed by atoms with Gasteiger partial charge in [0.25, 0.3) is 0 Å². The summed E-state index contributed by atoms with van der Waals surface area (Å²) >= 11 is 0. The van der Waals surface area contributed by atoms with Gasteiger partial charge in [0, 0.05) is 20.2 Å². The summed E-state index contributed by atoms with van der Waals surface area (Å²) in [6.07, 6.45) is 0.855. The second-order valence-corrected chi connectivity index (χ2v) is 6.31. The Morgan fingerprint density at radius 1 is 0.893 bits per heavy atom. The molecule has 28 heavy (non-hydrogen) atoms. The van der Waals surface area contributed by atoms with Crippen LogP contribution in [0, 0.1) is 0 Å². The third-order valence-corrected chi connectivity index (χ3v) is 4.22. The van der Waals surface area contributed by atoms with Crippen molar-refractivity contribution in [2.45, 2.75) is 26.5 Å². The monoisotopic (exact) mass is 385 g/mol. The van der Waals surface area contributed by atoms with Crippen molar-refractivity contribution in [3.05, 3.63) is 59.2 Å². The fourth-order valence-electron chi connectivity index (χ4n) is 2.86. The van der Waals surface area contributed by atoms with Gasteiger partial charge in [0.1, 0.15) is 0 Å². The fourth-order valence-corrected chi connectivity index (χ4v) is 2.86. The highest BCUT2D eigenvalue weighted by Gasteiger charge is 2.05. The molecule has 0 aliphatic carbocycles. The Morgan fingerprint density at radius 3 is 2.39 bits per heavy atom. The molecule has 0 aliphatic heterocycles. The van der Waals surface area contributed by atoms with Gasteiger partial charge in [-0.05, 0) is 42.2 Å². The normalized spacial score (nSPS) is 11.2. The van der Waals surface area contributed by atoms with Crippen LogP contribution in [0.25, 0.3) is 0 Å². The van der Waals surface area contributed by atoms with Crippen LogP contribution in [0.4, 0.5) is 0 Å². The van der Waals surface area contributed by atoms with Gasteiger partial charge in [-0.15, -0.1) is 0 Å². The zero-order chi connectivity index (χ0) is 20.2. The van der Waals surface area contributed by atoms with Crippen LogP contribution in [0.5, 0.6) is 11.5 Å². The molecule has 0 heterocycles. The zero-order valence-corrected chi connectivity index (χ0v) is 17.2. The van der Waals surface area contributed by atoms with E-state index in [1.807, 2.05) is 24.3 Å². The topological polar surface area (TPSA) is 64.1 Å². The van der Waals surface area contributed by atoms with Crippen molar-refractivity contribution in [2.24, 2.45) is 4.99 Å². The number of methoxy groups -OCH3 is 3. The molecule has 0 radical (unpaired) electrons. The predicted octanol–water partition coefficient (Wildman–Crippen LogP) is 3.15. The molecular formula is C22H31N3O3. The van der Waals surface area contributed by atoms with E-state index < -0.39 is 0 Å². The van der Waals surface area contributed by atoms with Crippen LogP contribution in [0.15, 0.2) is 47.5 Å². The molecule has 0 aromatic heterocycles. The maximum Gasteiger partial charge on any atom is 0.191 e. The Morgan fingerprint density at radius 2 is 1.68 bits per heavy atom. The molecule has 6 heteroatoms. The Balaban J connectivity index is 1.93. The summed E-state index contributed by atoms with van der Waals surface area (Å²) < 4.78 is 15.8. The maximum atomic E-state index is 5.37. The number of benzene rings is 2. The van der Waals surface area contributed by atoms with E-state index in [4.69, 9.17) is 14.2 Å². The summed E-state index contributed by atoms with van der Waals surface area (Å²) in [4.78, 5) is 4.69. The lowest BCUT2D eigenvalue weighted by Crippen LogP contribution is -2.38. The minimum atomic E-state index is 0.612. The lowest BCUT2D eigenvalue weighted by atomic mass is 10.1. The molecule has 0 saturated heterocycles. The number of guanidine groups is 1. The molecule has 0 atom stereocenters. The molecule has 0 fully saturated rings. The predicted molar refractivity (Wildman–Crippen MR) is 113 cm³/mol. The van der Waals surface area contributed by atoms with Gasteiger partial charge in [-0.1, -0.05) is 30.3 Å². The number of nitrogens with zero attached hydrogens (tertiary/aromatic N) is 1. The molecule has 0 bridgehead atoms. The Bertz CT molecular complexity index is 762. The average molecular weight is 386 g/mol. The Hall–Kier alpha value is -2.73. The molecule has 2 rings (SSSR count). The van der Waals surface area contributed by atoms with Crippen LogP contribution in [0.1, 0.15) is 23.6 Å². The van der Waals surface area contributed by atoms with Gasteiger partial charge in [0.15, 0.2) is 17.5 Å². The zero-order valence-electron chi connectivity index (χ0n) is 17.2. The smallest absolute Gasteiger partial charge is 0.191 e. The van der Waals surface area contributed by atoms with E-state index in [0.29, 0.717) is 13.2 Å². The highest BCUT2D eigenvalue weighted by Crippen LogP contribution is 2.27. The average Bonchev–Trinajstić information content (AvgIpc) is 2.72. The third-order valence-electron chi connectivity index (χ3n) is 4.22. The number of rotatable bonds is 10. The van der Waals surface area contributed by atoms with Crippen molar-refractivity contribution in [2.75, 3.05) is 34.4 Å². The Labute approximate surface area is 167 Å². The van der Waals surface area contributed by atoms with Crippen LogP contribution >= 0.6 is 0 Å². The van der Waals surface area contributed by atoms with Gasteiger partial charge in [-0.2, -0.15) is 0 Å². The van der Waals surface area contributed by atoms with Gasteiger partial charge in [0.2, 0.25) is 0 Å². The fraction of sp³-hybridized carbons (Fsp3) is 0.409. The van der Waals surface area contributed by atoms with Crippen molar-refractivity contribution in [1.29, 1.82) is 0 Å². The SMILES string of the molecule is CCNC(=NCc1cccc(COC)c1)NCCc1ccc(OC)c(OC)c1. The quantitative estimate of drug-likeness (QED) is 0.486. The lowest BCUT2D eigenvalue weighted by Gasteiger charge is -2.13. The molecule has 0 spiro atoms. The van der Waals surface area contributed by atoms with Crippen LogP contribution in [-0.2, 0) is 24.3 Å². The molecule has 152 valence electrons. The van der Waals surface area contributed by atoms with Crippen LogP contribution in [-0.4, -0.2) is 40.4 Å². The molecular weight excluding hydrogens is 354 g/mol. The standard InChI is InChI=1S/C22H31N3O3/c1-5-23-22(25-15-18-7-6-8-19(13-18)16-26-2)24-12-11-17-9-10-20(27-3)21(14-17)28-4/h6-10,13-14H,5,11-12,15-16H2,1-4H3,(H2,23,24,25). The summed E-state index contributed by atoms with van der Waals surface area (Å²) in [6, 6.07) is 14.3. The Kier molecular flexibility index (Phi) is 9.15. The first kappa shape index (κ1) is 21.6. The molecule has 0 aliphatic rings. The van der Waals surface area contributed by atoms with Gasteiger partial charge < -0.3 is 24.8 Å². The summed E-state index contributed by atoms with van der Waals surface area (Å²) in [5, 5.41) is 6.68. The summed E-state index contributed by atoms with van der Waals surface area (Å²) in [5.74, 6) is 2.29. The van der Waals surface area contributed by atoms with Crippen LogP contribution in [0.2, 0.25) is 0 Å². The number of nitrogens with one attached hydrogen (secondary N) is 2. The third kappa shape index (κ3) is 6.78. The van der Waals surface area contributed by atoms with Gasteiger partial charge in [-0.3, -0.25) is 0 Å². The summed E-state index contributed by atoms with van der Waals surface area (Å²) in [7, 11) is 5.00. The van der Waals surface area contributed by atoms with Crippen LogP contribution in [0.3, 0.4) is 0 Å². The number of hydrogen-bond donors (Lipinski definition) is 2. The summed E-state index contributed by atoms with van der Waals surface area (Å²) in [6.45, 7) is 4.87. The van der Waals surface area contributed by atoms with E-state index in [1.165, 1.54) is 5.56 Å². The first-order valence-electron chi connectivity index (χ1n) is 9.50. The van der Waals surface area contributed by atoms with Gasteiger partial charge in [0.05, 0.1) is 27.4 Å². The highest BCUT2D eigenvalue weighted by atomic mass is 16.5. The lowest BCUT2D eigenvalue weighted by molar-refractivity contribution is 0.185. The first-order valence-corrected chi connectivity index (χ1v) is 9.50. The van der Waals surface area contributed by atoms with Crippen LogP contribution < -0.4 is 20.1 Å². The highest BCUT2D eigenvalue weighted by molar-refractivity contribution is 5.79. The number of aliphatic imine (C=N–C) groups is 1. The van der Waals surface area contributed by atoms with Crippen molar-refractivity contribution in [3.8, 4) is 11.5 Å². The largest absolute Gasteiger partial charge is 0.493 e.